The van der Waals surface area contributed by atoms with Crippen LogP contribution >= 0.6 is 11.6 Å². The number of aromatic hydroxyl groups is 1. The molecule has 0 unspecified atom stereocenters. The van der Waals surface area contributed by atoms with Gasteiger partial charge in [0.1, 0.15) is 11.4 Å². The molecule has 0 radical (unpaired) electrons. The molecular weight excluding hydrogens is 425 g/mol. The predicted octanol–water partition coefficient (Wildman–Crippen LogP) is 2.59. The second kappa shape index (κ2) is 7.09. The minimum Gasteiger partial charge on any atom is -0.503 e. The molecule has 2 aromatic rings. The van der Waals surface area contributed by atoms with Crippen molar-refractivity contribution in [3.05, 3.63) is 61.8 Å². The Morgan fingerprint density at radius 3 is 2.87 bits per heavy atom. The number of aryl methyl sites for hydroxylation is 1. The van der Waals surface area contributed by atoms with E-state index in [0.717, 1.165) is 19.3 Å². The molecule has 2 N–H and O–H groups in total. The number of aromatic nitrogens is 1. The van der Waals surface area contributed by atoms with Gasteiger partial charge in [-0.2, -0.15) is 0 Å². The van der Waals surface area contributed by atoms with Gasteiger partial charge in [-0.15, -0.1) is 0 Å². The number of hydrogen-bond acceptors (Lipinski definition) is 4. The zero-order valence-corrected chi connectivity index (χ0v) is 17.6. The highest BCUT2D eigenvalue weighted by Gasteiger charge is 2.51. The van der Waals surface area contributed by atoms with Gasteiger partial charge in [-0.05, 0) is 49.8 Å². The third-order valence-electron chi connectivity index (χ3n) is 6.83. The van der Waals surface area contributed by atoms with E-state index < -0.39 is 22.9 Å². The molecule has 2 amide bonds. The summed E-state index contributed by atoms with van der Waals surface area (Å²) in [5.74, 6) is -1.95. The van der Waals surface area contributed by atoms with Crippen LogP contribution in [-0.2, 0) is 13.1 Å². The van der Waals surface area contributed by atoms with Gasteiger partial charge < -0.3 is 19.9 Å². The van der Waals surface area contributed by atoms with Crippen molar-refractivity contribution in [1.82, 2.24) is 14.8 Å². The minimum atomic E-state index is -0.915. The van der Waals surface area contributed by atoms with Crippen molar-refractivity contribution in [2.75, 3.05) is 0 Å². The number of amides is 2. The highest BCUT2D eigenvalue weighted by atomic mass is 35.5. The molecule has 2 fully saturated rings. The lowest BCUT2D eigenvalue weighted by atomic mass is 9.95. The number of pyridine rings is 1. The van der Waals surface area contributed by atoms with Crippen LogP contribution in [0, 0.1) is 18.7 Å². The Bertz CT molecular complexity index is 1190. The van der Waals surface area contributed by atoms with Crippen molar-refractivity contribution >= 4 is 23.4 Å². The van der Waals surface area contributed by atoms with Crippen molar-refractivity contribution in [2.24, 2.45) is 5.92 Å². The number of nitrogens with one attached hydrogen (secondary N) is 1. The second-order valence-electron chi connectivity index (χ2n) is 8.60. The number of fused-ring (bicyclic) bond motifs is 6. The molecule has 3 aliphatic rings. The monoisotopic (exact) mass is 445 g/mol. The number of rotatable bonds is 3. The van der Waals surface area contributed by atoms with Crippen LogP contribution in [0.5, 0.6) is 5.75 Å². The van der Waals surface area contributed by atoms with Gasteiger partial charge in [0, 0.05) is 35.9 Å². The van der Waals surface area contributed by atoms with Gasteiger partial charge >= 0.3 is 0 Å². The molecule has 3 atom stereocenters. The average Bonchev–Trinajstić information content (AvgIpc) is 3.34. The summed E-state index contributed by atoms with van der Waals surface area (Å²) in [6.07, 6.45) is 4.26. The molecule has 162 valence electrons. The van der Waals surface area contributed by atoms with E-state index in [1.807, 2.05) is 0 Å². The maximum atomic E-state index is 14.1. The van der Waals surface area contributed by atoms with Crippen molar-refractivity contribution in [3.63, 3.8) is 0 Å². The Morgan fingerprint density at radius 1 is 1.32 bits per heavy atom. The van der Waals surface area contributed by atoms with E-state index in [-0.39, 0.29) is 41.4 Å². The smallest absolute Gasteiger partial charge is 0.275 e. The van der Waals surface area contributed by atoms with Gasteiger partial charge in [0.15, 0.2) is 11.4 Å². The Labute approximate surface area is 182 Å². The summed E-state index contributed by atoms with van der Waals surface area (Å²) in [6.45, 7) is 1.92. The maximum absolute atomic E-state index is 14.1. The lowest BCUT2D eigenvalue weighted by Gasteiger charge is -2.40. The summed E-state index contributed by atoms with van der Waals surface area (Å²) in [5, 5.41) is 13.4. The predicted molar refractivity (Wildman–Crippen MR) is 111 cm³/mol. The van der Waals surface area contributed by atoms with E-state index >= 15 is 0 Å². The Kier molecular flexibility index (Phi) is 4.58. The molecule has 1 saturated carbocycles. The minimum absolute atomic E-state index is 0.0142. The lowest BCUT2D eigenvalue weighted by Crippen LogP contribution is -2.52. The van der Waals surface area contributed by atoms with Crippen molar-refractivity contribution in [2.45, 2.75) is 51.4 Å². The number of benzene rings is 1. The summed E-state index contributed by atoms with van der Waals surface area (Å²) in [5.41, 5.74) is -0.515. The zero-order valence-electron chi connectivity index (χ0n) is 16.8. The first-order valence-corrected chi connectivity index (χ1v) is 10.7. The average molecular weight is 446 g/mol. The molecule has 3 heterocycles. The topological polar surface area (TPSA) is 91.6 Å². The third-order valence-corrected chi connectivity index (χ3v) is 7.24. The lowest BCUT2D eigenvalue weighted by molar-refractivity contribution is 0.0482. The van der Waals surface area contributed by atoms with Gasteiger partial charge in [0.25, 0.3) is 11.8 Å². The standard InChI is InChI=1S/C22H21ClFN3O4/c1-10-4-16(24)12(6-15(10)23)7-25-21(30)14-8-26-9-17-11-2-3-13(5-11)27(17)22(31)18(26)20(29)19(14)28/h4,6,8,11,13,17,29H,2-3,5,7,9H2,1H3,(H,25,30)/t11-,13+,17+/m1/s1. The molecule has 0 spiro atoms. The van der Waals surface area contributed by atoms with Gasteiger partial charge in [0.2, 0.25) is 5.43 Å². The van der Waals surface area contributed by atoms with Crippen LogP contribution in [0.15, 0.2) is 23.1 Å². The highest BCUT2D eigenvalue weighted by Crippen LogP contribution is 2.45. The van der Waals surface area contributed by atoms with Gasteiger partial charge in [0.05, 0.1) is 6.04 Å². The van der Waals surface area contributed by atoms with E-state index in [0.29, 0.717) is 23.0 Å². The molecule has 1 aromatic carbocycles. The molecule has 2 bridgehead atoms. The first-order valence-electron chi connectivity index (χ1n) is 10.3. The SMILES string of the molecule is Cc1cc(F)c(CNC(=O)c2cn3c(c(O)c2=O)C(=O)N2[C@H]4CC[C@H](C4)[C@@H]2C3)cc1Cl. The molecule has 2 aliphatic heterocycles. The molecular formula is C22H21ClFN3O4. The zero-order chi connectivity index (χ0) is 22.0. The summed E-state index contributed by atoms with van der Waals surface area (Å²) in [7, 11) is 0. The Morgan fingerprint density at radius 2 is 2.10 bits per heavy atom. The highest BCUT2D eigenvalue weighted by molar-refractivity contribution is 6.31. The van der Waals surface area contributed by atoms with Gasteiger partial charge in [-0.1, -0.05) is 11.6 Å². The van der Waals surface area contributed by atoms with E-state index in [1.54, 1.807) is 11.8 Å². The van der Waals surface area contributed by atoms with E-state index in [2.05, 4.69) is 5.32 Å². The quantitative estimate of drug-likeness (QED) is 0.759. The first-order chi connectivity index (χ1) is 14.8. The Hall–Kier alpha value is -2.87. The fourth-order valence-electron chi connectivity index (χ4n) is 5.24. The van der Waals surface area contributed by atoms with Crippen LogP contribution < -0.4 is 10.7 Å². The number of nitrogens with zero attached hydrogens (tertiary/aromatic N) is 2. The van der Waals surface area contributed by atoms with Crippen molar-refractivity contribution < 1.29 is 19.1 Å². The largest absolute Gasteiger partial charge is 0.503 e. The van der Waals surface area contributed by atoms with Crippen LogP contribution in [-0.4, -0.2) is 38.5 Å². The van der Waals surface area contributed by atoms with E-state index in [1.165, 1.54) is 22.9 Å². The summed E-state index contributed by atoms with van der Waals surface area (Å²) < 4.78 is 15.6. The van der Waals surface area contributed by atoms with Crippen LogP contribution in [0.25, 0.3) is 0 Å². The summed E-state index contributed by atoms with van der Waals surface area (Å²) in [4.78, 5) is 40.2. The molecule has 5 rings (SSSR count). The fourth-order valence-corrected chi connectivity index (χ4v) is 5.43. The Balaban J connectivity index is 1.44. The molecule has 1 aliphatic carbocycles. The summed E-state index contributed by atoms with van der Waals surface area (Å²) >= 11 is 6.03. The second-order valence-corrected chi connectivity index (χ2v) is 9.01. The maximum Gasteiger partial charge on any atom is 0.275 e. The van der Waals surface area contributed by atoms with Crippen molar-refractivity contribution in [3.8, 4) is 5.75 Å². The number of carbonyl (C=O) groups excluding carboxylic acids is 2. The third kappa shape index (κ3) is 3.04. The number of carbonyl (C=O) groups is 2. The van der Waals surface area contributed by atoms with Gasteiger partial charge in [-0.3, -0.25) is 14.4 Å². The molecule has 1 saturated heterocycles. The van der Waals surface area contributed by atoms with Gasteiger partial charge in [-0.25, -0.2) is 4.39 Å². The number of halogens is 2. The molecule has 7 nitrogen and oxygen atoms in total. The number of piperidine rings is 1. The number of hydrogen-bond donors (Lipinski definition) is 2. The van der Waals surface area contributed by atoms with Crippen LogP contribution in [0.3, 0.4) is 0 Å². The van der Waals surface area contributed by atoms with Crippen molar-refractivity contribution in [1.29, 1.82) is 0 Å². The first kappa shape index (κ1) is 20.1. The molecule has 1 aromatic heterocycles. The van der Waals surface area contributed by atoms with Crippen LogP contribution in [0.1, 0.15) is 51.2 Å². The fraction of sp³-hybridized carbons (Fsp3) is 0.409. The van der Waals surface area contributed by atoms with E-state index in [4.69, 9.17) is 11.6 Å². The van der Waals surface area contributed by atoms with Crippen LogP contribution in [0.2, 0.25) is 5.02 Å². The summed E-state index contributed by atoms with van der Waals surface area (Å²) in [6, 6.07) is 2.87. The van der Waals surface area contributed by atoms with E-state index in [9.17, 15) is 23.9 Å². The molecule has 9 heteroatoms. The van der Waals surface area contributed by atoms with Crippen LogP contribution in [0.4, 0.5) is 4.39 Å². The normalized spacial score (nSPS) is 23.6. The molecule has 31 heavy (non-hydrogen) atoms.